The third kappa shape index (κ3) is 4.26. The minimum absolute atomic E-state index is 0.0259. The number of carbonyl (C=O) groups is 1. The van der Waals surface area contributed by atoms with Gasteiger partial charge < -0.3 is 15.4 Å². The van der Waals surface area contributed by atoms with Crippen LogP contribution >= 0.6 is 12.2 Å². The summed E-state index contributed by atoms with van der Waals surface area (Å²) in [5, 5.41) is 5.74. The average molecular weight is 370 g/mol. The highest BCUT2D eigenvalue weighted by Crippen LogP contribution is 2.41. The highest BCUT2D eigenvalue weighted by atomic mass is 32.1. The molecule has 25 heavy (non-hydrogen) atoms. The first kappa shape index (κ1) is 19.1. The Morgan fingerprint density at radius 1 is 1.16 bits per heavy atom. The van der Waals surface area contributed by atoms with Crippen LogP contribution in [0.15, 0.2) is 30.3 Å². The zero-order valence-corrected chi connectivity index (χ0v) is 14.5. The highest BCUT2D eigenvalue weighted by Gasteiger charge is 2.36. The van der Waals surface area contributed by atoms with Gasteiger partial charge in [-0.1, -0.05) is 36.5 Å². The number of thiocarbonyl (C=S) groups is 1. The Hall–Kier alpha value is -2.19. The molecule has 0 saturated carbocycles. The van der Waals surface area contributed by atoms with E-state index in [4.69, 9.17) is 17.0 Å². The summed E-state index contributed by atoms with van der Waals surface area (Å²) in [6, 6.07) is 7.43. The zero-order valence-electron chi connectivity index (χ0n) is 13.7. The van der Waals surface area contributed by atoms with Crippen molar-refractivity contribution in [2.45, 2.75) is 6.18 Å². The second-order valence-electron chi connectivity index (χ2n) is 5.24. The zero-order chi connectivity index (χ0) is 18.6. The SMILES string of the molecule is CNC(=O)CNCC(=S)c1cccc2c(C(F)(F)F)c(OC)ccc12. The standard InChI is InChI=1S/C17H17F3N2O2S/c1-21-15(23)9-22-8-14(25)11-4-3-5-12-10(11)6-7-13(24-2)16(12)17(18,19)20/h3-7,22H,8-9H2,1-2H3,(H,21,23). The van der Waals surface area contributed by atoms with Crippen molar-refractivity contribution in [2.24, 2.45) is 0 Å². The third-order valence-electron chi connectivity index (χ3n) is 3.68. The van der Waals surface area contributed by atoms with E-state index in [0.717, 1.165) is 0 Å². The van der Waals surface area contributed by atoms with Crippen molar-refractivity contribution >= 4 is 33.8 Å². The maximum atomic E-state index is 13.5. The molecule has 0 spiro atoms. The van der Waals surface area contributed by atoms with Gasteiger partial charge in [-0.25, -0.2) is 0 Å². The maximum Gasteiger partial charge on any atom is 0.420 e. The second kappa shape index (κ2) is 7.79. The Bertz CT molecular complexity index is 806. The fourth-order valence-electron chi connectivity index (χ4n) is 2.52. The molecular weight excluding hydrogens is 353 g/mol. The van der Waals surface area contributed by atoms with Gasteiger partial charge in [0.25, 0.3) is 0 Å². The molecular formula is C17H17F3N2O2S. The number of benzene rings is 2. The minimum Gasteiger partial charge on any atom is -0.496 e. The van der Waals surface area contributed by atoms with Crippen molar-refractivity contribution in [3.05, 3.63) is 41.5 Å². The summed E-state index contributed by atoms with van der Waals surface area (Å²) in [5.74, 6) is -0.439. The minimum atomic E-state index is -4.55. The lowest BCUT2D eigenvalue weighted by Gasteiger charge is -2.17. The summed E-state index contributed by atoms with van der Waals surface area (Å²) in [7, 11) is 2.71. The number of amides is 1. The molecule has 0 aliphatic carbocycles. The average Bonchev–Trinajstić information content (AvgIpc) is 2.58. The molecule has 1 amide bonds. The van der Waals surface area contributed by atoms with Crippen LogP contribution in [0.1, 0.15) is 11.1 Å². The van der Waals surface area contributed by atoms with E-state index in [9.17, 15) is 18.0 Å². The number of fused-ring (bicyclic) bond motifs is 1. The summed E-state index contributed by atoms with van der Waals surface area (Å²) >= 11 is 5.33. The number of halogens is 3. The first-order chi connectivity index (χ1) is 11.8. The van der Waals surface area contributed by atoms with E-state index in [1.807, 2.05) is 0 Å². The van der Waals surface area contributed by atoms with Crippen molar-refractivity contribution < 1.29 is 22.7 Å². The molecule has 2 rings (SSSR count). The monoisotopic (exact) mass is 370 g/mol. The second-order valence-corrected chi connectivity index (χ2v) is 5.73. The van der Waals surface area contributed by atoms with Crippen LogP contribution in [0.25, 0.3) is 10.8 Å². The van der Waals surface area contributed by atoms with Crippen molar-refractivity contribution in [1.82, 2.24) is 10.6 Å². The topological polar surface area (TPSA) is 50.4 Å². The van der Waals surface area contributed by atoms with Gasteiger partial charge >= 0.3 is 6.18 Å². The number of carbonyl (C=O) groups excluding carboxylic acids is 1. The quantitative estimate of drug-likeness (QED) is 0.606. The Balaban J connectivity index is 2.43. The summed E-state index contributed by atoms with van der Waals surface area (Å²) in [6.45, 7) is 0.276. The molecule has 2 N–H and O–H groups in total. The molecule has 134 valence electrons. The Labute approximate surface area is 148 Å². The summed E-state index contributed by atoms with van der Waals surface area (Å²) in [5.41, 5.74) is -0.305. The van der Waals surface area contributed by atoms with Crippen LogP contribution in [0.2, 0.25) is 0 Å². The van der Waals surface area contributed by atoms with Gasteiger partial charge in [0.15, 0.2) is 0 Å². The molecule has 0 saturated heterocycles. The molecule has 0 fully saturated rings. The normalized spacial score (nSPS) is 11.4. The fraction of sp³-hybridized carbons (Fsp3) is 0.294. The molecule has 8 heteroatoms. The summed E-state index contributed by atoms with van der Waals surface area (Å²) in [4.78, 5) is 11.6. The van der Waals surface area contributed by atoms with Gasteiger partial charge in [-0.2, -0.15) is 13.2 Å². The number of ether oxygens (including phenoxy) is 1. The molecule has 2 aromatic carbocycles. The Morgan fingerprint density at radius 3 is 2.48 bits per heavy atom. The van der Waals surface area contributed by atoms with Gasteiger partial charge in [0.1, 0.15) is 11.3 Å². The summed E-state index contributed by atoms with van der Waals surface area (Å²) in [6.07, 6.45) is -4.55. The van der Waals surface area contributed by atoms with Crippen LogP contribution in [-0.4, -0.2) is 38.0 Å². The van der Waals surface area contributed by atoms with Gasteiger partial charge in [0, 0.05) is 18.5 Å². The highest BCUT2D eigenvalue weighted by molar-refractivity contribution is 7.81. The number of methoxy groups -OCH3 is 1. The van der Waals surface area contributed by atoms with Crippen LogP contribution in [0.5, 0.6) is 5.75 Å². The molecule has 2 aromatic rings. The number of alkyl halides is 3. The summed E-state index contributed by atoms with van der Waals surface area (Å²) < 4.78 is 45.3. The molecule has 0 heterocycles. The Kier molecular flexibility index (Phi) is 5.97. The van der Waals surface area contributed by atoms with E-state index >= 15 is 0 Å². The van der Waals surface area contributed by atoms with Crippen molar-refractivity contribution in [3.63, 3.8) is 0 Å². The molecule has 0 radical (unpaired) electrons. The molecule has 0 aliphatic rings. The smallest absolute Gasteiger partial charge is 0.420 e. The number of rotatable bonds is 6. The van der Waals surface area contributed by atoms with E-state index in [-0.39, 0.29) is 30.1 Å². The van der Waals surface area contributed by atoms with Crippen LogP contribution in [0.3, 0.4) is 0 Å². The van der Waals surface area contributed by atoms with Crippen molar-refractivity contribution in [1.29, 1.82) is 0 Å². The lowest BCUT2D eigenvalue weighted by Crippen LogP contribution is -2.34. The van der Waals surface area contributed by atoms with Gasteiger partial charge in [-0.05, 0) is 22.4 Å². The first-order valence-corrected chi connectivity index (χ1v) is 7.81. The predicted octanol–water partition coefficient (Wildman–Crippen LogP) is 2.92. The van der Waals surface area contributed by atoms with Gasteiger partial charge in [0.2, 0.25) is 5.91 Å². The van der Waals surface area contributed by atoms with Gasteiger partial charge in [-0.15, -0.1) is 0 Å². The van der Waals surface area contributed by atoms with E-state index in [1.54, 1.807) is 12.1 Å². The number of nitrogens with one attached hydrogen (secondary N) is 2. The Morgan fingerprint density at radius 2 is 1.88 bits per heavy atom. The van der Waals surface area contributed by atoms with E-state index in [2.05, 4.69) is 10.6 Å². The van der Waals surface area contributed by atoms with E-state index in [0.29, 0.717) is 15.8 Å². The molecule has 0 aliphatic heterocycles. The van der Waals surface area contributed by atoms with Crippen LogP contribution in [0, 0.1) is 0 Å². The van der Waals surface area contributed by atoms with Crippen molar-refractivity contribution in [3.8, 4) is 5.75 Å². The lowest BCUT2D eigenvalue weighted by molar-refractivity contribution is -0.137. The molecule has 0 bridgehead atoms. The number of likely N-dealkylation sites (N-methyl/N-ethyl adjacent to an activating group) is 1. The fourth-order valence-corrected chi connectivity index (χ4v) is 2.80. The maximum absolute atomic E-state index is 13.5. The molecule has 0 atom stereocenters. The van der Waals surface area contributed by atoms with Crippen LogP contribution in [0.4, 0.5) is 13.2 Å². The first-order valence-electron chi connectivity index (χ1n) is 7.41. The largest absolute Gasteiger partial charge is 0.496 e. The number of hydrogen-bond acceptors (Lipinski definition) is 4. The predicted molar refractivity (Wildman–Crippen MR) is 94.1 cm³/mol. The van der Waals surface area contributed by atoms with Crippen molar-refractivity contribution in [2.75, 3.05) is 27.2 Å². The van der Waals surface area contributed by atoms with Crippen LogP contribution < -0.4 is 15.4 Å². The number of hydrogen-bond donors (Lipinski definition) is 2. The lowest BCUT2D eigenvalue weighted by atomic mass is 9.97. The molecule has 0 unspecified atom stereocenters. The molecule has 0 aromatic heterocycles. The van der Waals surface area contributed by atoms with Crippen LogP contribution in [-0.2, 0) is 11.0 Å². The van der Waals surface area contributed by atoms with Gasteiger partial charge in [0.05, 0.1) is 13.7 Å². The van der Waals surface area contributed by atoms with Gasteiger partial charge in [-0.3, -0.25) is 4.79 Å². The third-order valence-corrected chi connectivity index (χ3v) is 4.04. The van der Waals surface area contributed by atoms with E-state index in [1.165, 1.54) is 32.4 Å². The molecule has 4 nitrogen and oxygen atoms in total. The van der Waals surface area contributed by atoms with E-state index < -0.39 is 11.7 Å².